The van der Waals surface area contributed by atoms with Gasteiger partial charge in [-0.15, -0.1) is 0 Å². The highest BCUT2D eigenvalue weighted by molar-refractivity contribution is 7.80. The molecule has 3 nitrogen and oxygen atoms in total. The minimum Gasteiger partial charge on any atom is -0.332 e. The van der Waals surface area contributed by atoms with Crippen molar-refractivity contribution in [2.75, 3.05) is 5.32 Å². The zero-order valence-corrected chi connectivity index (χ0v) is 13.1. The molecule has 0 bridgehead atoms. The van der Waals surface area contributed by atoms with E-state index in [9.17, 15) is 4.79 Å². The lowest BCUT2D eigenvalue weighted by molar-refractivity contribution is -0.119. The highest BCUT2D eigenvalue weighted by Gasteiger charge is 2.06. The van der Waals surface area contributed by atoms with Crippen LogP contribution in [0.1, 0.15) is 11.1 Å². The van der Waals surface area contributed by atoms with Crippen molar-refractivity contribution in [1.29, 1.82) is 0 Å². The molecule has 0 aliphatic heterocycles. The number of nitrogens with one attached hydrogen (secondary N) is 2. The number of carbonyl (C=O) groups is 1. The van der Waals surface area contributed by atoms with Crippen LogP contribution in [0.15, 0.2) is 48.5 Å². The summed E-state index contributed by atoms with van der Waals surface area (Å²) in [6.45, 7) is 1.99. The number of amides is 1. The van der Waals surface area contributed by atoms with Gasteiger partial charge >= 0.3 is 0 Å². The predicted molar refractivity (Wildman–Crippen MR) is 90.7 cm³/mol. The summed E-state index contributed by atoms with van der Waals surface area (Å²) < 4.78 is 0. The SMILES string of the molecule is Cc1cccc(NC(=S)NC(=O)Cc2ccc(Cl)cc2)c1. The summed E-state index contributed by atoms with van der Waals surface area (Å²) in [6, 6.07) is 14.9. The number of thiocarbonyl (C=S) groups is 1. The number of halogens is 1. The Bertz CT molecular complexity index is 656. The largest absolute Gasteiger partial charge is 0.332 e. The summed E-state index contributed by atoms with van der Waals surface area (Å²) in [7, 11) is 0. The van der Waals surface area contributed by atoms with E-state index in [-0.39, 0.29) is 12.3 Å². The molecule has 108 valence electrons. The lowest BCUT2D eigenvalue weighted by Crippen LogP contribution is -2.35. The van der Waals surface area contributed by atoms with Crippen molar-refractivity contribution < 1.29 is 4.79 Å². The second-order valence-corrected chi connectivity index (χ2v) is 5.52. The first kappa shape index (κ1) is 15.5. The first-order valence-corrected chi connectivity index (χ1v) is 7.23. The van der Waals surface area contributed by atoms with Crippen LogP contribution in [0, 0.1) is 6.92 Å². The third-order valence-electron chi connectivity index (χ3n) is 2.81. The molecule has 1 amide bonds. The number of anilines is 1. The highest BCUT2D eigenvalue weighted by Crippen LogP contribution is 2.11. The van der Waals surface area contributed by atoms with Crippen molar-refractivity contribution in [3.8, 4) is 0 Å². The van der Waals surface area contributed by atoms with Crippen molar-refractivity contribution in [2.45, 2.75) is 13.3 Å². The predicted octanol–water partition coefficient (Wildman–Crippen LogP) is 3.70. The molecule has 0 aliphatic rings. The molecule has 5 heteroatoms. The molecule has 0 saturated heterocycles. The molecule has 0 aliphatic carbocycles. The molecule has 21 heavy (non-hydrogen) atoms. The van der Waals surface area contributed by atoms with Crippen molar-refractivity contribution in [3.63, 3.8) is 0 Å². The van der Waals surface area contributed by atoms with Crippen LogP contribution in [0.5, 0.6) is 0 Å². The zero-order valence-electron chi connectivity index (χ0n) is 11.5. The van der Waals surface area contributed by atoms with Crippen LogP contribution < -0.4 is 10.6 Å². The van der Waals surface area contributed by atoms with Gasteiger partial charge in [-0.2, -0.15) is 0 Å². The van der Waals surface area contributed by atoms with Crippen molar-refractivity contribution in [3.05, 3.63) is 64.7 Å². The maximum Gasteiger partial charge on any atom is 0.230 e. The molecule has 0 fully saturated rings. The van der Waals surface area contributed by atoms with E-state index < -0.39 is 0 Å². The second-order valence-electron chi connectivity index (χ2n) is 4.68. The van der Waals surface area contributed by atoms with Crippen LogP contribution in [-0.4, -0.2) is 11.0 Å². The smallest absolute Gasteiger partial charge is 0.230 e. The minimum absolute atomic E-state index is 0.164. The molecule has 0 heterocycles. The van der Waals surface area contributed by atoms with E-state index in [1.54, 1.807) is 12.1 Å². The number of carbonyl (C=O) groups excluding carboxylic acids is 1. The van der Waals surface area contributed by atoms with E-state index in [0.717, 1.165) is 16.8 Å². The molecular weight excluding hydrogens is 304 g/mol. The van der Waals surface area contributed by atoms with Crippen molar-refractivity contribution in [1.82, 2.24) is 5.32 Å². The molecule has 0 radical (unpaired) electrons. The molecule has 0 unspecified atom stereocenters. The zero-order chi connectivity index (χ0) is 15.2. The van der Waals surface area contributed by atoms with Crippen LogP contribution >= 0.6 is 23.8 Å². The van der Waals surface area contributed by atoms with Crippen LogP contribution in [0.25, 0.3) is 0 Å². The summed E-state index contributed by atoms with van der Waals surface area (Å²) in [6.07, 6.45) is 0.257. The number of aryl methyl sites for hydroxylation is 1. The summed E-state index contributed by atoms with van der Waals surface area (Å²) in [5.74, 6) is -0.164. The molecule has 0 aromatic heterocycles. The average Bonchev–Trinajstić information content (AvgIpc) is 2.41. The normalized spacial score (nSPS) is 10.0. The number of hydrogen-bond acceptors (Lipinski definition) is 2. The summed E-state index contributed by atoms with van der Waals surface area (Å²) >= 11 is 10.9. The maximum atomic E-state index is 11.9. The van der Waals surface area contributed by atoms with E-state index in [1.807, 2.05) is 43.3 Å². The van der Waals surface area contributed by atoms with Crippen molar-refractivity contribution >= 4 is 40.5 Å². The molecule has 2 aromatic carbocycles. The first-order chi connectivity index (χ1) is 10.0. The Morgan fingerprint density at radius 3 is 2.57 bits per heavy atom. The average molecular weight is 319 g/mol. The molecule has 2 N–H and O–H groups in total. The second kappa shape index (κ2) is 7.20. The third kappa shape index (κ3) is 5.17. The van der Waals surface area contributed by atoms with Gasteiger partial charge in [0.15, 0.2) is 5.11 Å². The Hall–Kier alpha value is -1.91. The topological polar surface area (TPSA) is 41.1 Å². The van der Waals surface area contributed by atoms with Crippen LogP contribution in [0.4, 0.5) is 5.69 Å². The number of hydrogen-bond donors (Lipinski definition) is 2. The molecule has 0 saturated carbocycles. The Morgan fingerprint density at radius 2 is 1.90 bits per heavy atom. The molecule has 2 rings (SSSR count). The third-order valence-corrected chi connectivity index (χ3v) is 3.26. The van der Waals surface area contributed by atoms with E-state index >= 15 is 0 Å². The molecular formula is C16H15ClN2OS. The summed E-state index contributed by atoms with van der Waals surface area (Å²) in [5.41, 5.74) is 2.86. The van der Waals surface area contributed by atoms with E-state index in [1.165, 1.54) is 0 Å². The van der Waals surface area contributed by atoms with Gasteiger partial charge in [0, 0.05) is 10.7 Å². The molecule has 2 aromatic rings. The van der Waals surface area contributed by atoms with Gasteiger partial charge in [0.2, 0.25) is 5.91 Å². The van der Waals surface area contributed by atoms with E-state index in [4.69, 9.17) is 23.8 Å². The Balaban J connectivity index is 1.87. The summed E-state index contributed by atoms with van der Waals surface area (Å²) in [4.78, 5) is 11.9. The fourth-order valence-corrected chi connectivity index (χ4v) is 2.20. The van der Waals surface area contributed by atoms with Crippen LogP contribution in [0.2, 0.25) is 5.02 Å². The van der Waals surface area contributed by atoms with Crippen LogP contribution in [-0.2, 0) is 11.2 Å². The van der Waals surface area contributed by atoms with Gasteiger partial charge in [-0.3, -0.25) is 4.79 Å². The van der Waals surface area contributed by atoms with Gasteiger partial charge < -0.3 is 10.6 Å². The lowest BCUT2D eigenvalue weighted by Gasteiger charge is -2.10. The Kier molecular flexibility index (Phi) is 5.31. The number of benzene rings is 2. The van der Waals surface area contributed by atoms with Gasteiger partial charge in [-0.05, 0) is 54.5 Å². The minimum atomic E-state index is -0.164. The van der Waals surface area contributed by atoms with Crippen molar-refractivity contribution in [2.24, 2.45) is 0 Å². The van der Waals surface area contributed by atoms with Gasteiger partial charge in [-0.25, -0.2) is 0 Å². The Labute approximate surface area is 134 Å². The van der Waals surface area contributed by atoms with Gasteiger partial charge in [-0.1, -0.05) is 35.9 Å². The fraction of sp³-hybridized carbons (Fsp3) is 0.125. The van der Waals surface area contributed by atoms with Gasteiger partial charge in [0.05, 0.1) is 6.42 Å². The monoisotopic (exact) mass is 318 g/mol. The molecule has 0 atom stereocenters. The summed E-state index contributed by atoms with van der Waals surface area (Å²) in [5, 5.41) is 6.59. The fourth-order valence-electron chi connectivity index (χ4n) is 1.84. The first-order valence-electron chi connectivity index (χ1n) is 6.45. The van der Waals surface area contributed by atoms with E-state index in [2.05, 4.69) is 10.6 Å². The number of rotatable bonds is 3. The standard InChI is InChI=1S/C16H15ClN2OS/c1-11-3-2-4-14(9-11)18-16(21)19-15(20)10-12-5-7-13(17)8-6-12/h2-9H,10H2,1H3,(H2,18,19,20,21). The van der Waals surface area contributed by atoms with E-state index in [0.29, 0.717) is 10.1 Å². The Morgan fingerprint density at radius 1 is 1.19 bits per heavy atom. The molecule has 0 spiro atoms. The lowest BCUT2D eigenvalue weighted by atomic mass is 10.1. The maximum absolute atomic E-state index is 11.9. The van der Waals surface area contributed by atoms with Gasteiger partial charge in [0.1, 0.15) is 0 Å². The quantitative estimate of drug-likeness (QED) is 0.848. The van der Waals surface area contributed by atoms with Gasteiger partial charge in [0.25, 0.3) is 0 Å². The highest BCUT2D eigenvalue weighted by atomic mass is 35.5. The van der Waals surface area contributed by atoms with Crippen LogP contribution in [0.3, 0.4) is 0 Å².